The van der Waals surface area contributed by atoms with Gasteiger partial charge < -0.3 is 9.47 Å². The van der Waals surface area contributed by atoms with Crippen LogP contribution in [0.15, 0.2) is 11.4 Å². The maximum absolute atomic E-state index is 12.3. The van der Waals surface area contributed by atoms with E-state index in [2.05, 4.69) is 22.0 Å². The van der Waals surface area contributed by atoms with Crippen LogP contribution in [0.2, 0.25) is 0 Å². The number of thioether (sulfide) groups is 1. The van der Waals surface area contributed by atoms with E-state index in [9.17, 15) is 4.79 Å². The van der Waals surface area contributed by atoms with E-state index in [0.717, 1.165) is 6.42 Å². The summed E-state index contributed by atoms with van der Waals surface area (Å²) in [5.74, 6) is 0.374. The Morgan fingerprint density at radius 3 is 2.22 bits per heavy atom. The van der Waals surface area contributed by atoms with Gasteiger partial charge in [-0.1, -0.05) is 76.5 Å². The summed E-state index contributed by atoms with van der Waals surface area (Å²) in [5, 5.41) is 5.22. The summed E-state index contributed by atoms with van der Waals surface area (Å²) in [4.78, 5) is 21.0. The molecule has 0 fully saturated rings. The lowest BCUT2D eigenvalue weighted by molar-refractivity contribution is -0.145. The predicted molar refractivity (Wildman–Crippen MR) is 130 cm³/mol. The van der Waals surface area contributed by atoms with Crippen molar-refractivity contribution in [2.75, 3.05) is 13.2 Å². The molecule has 0 aliphatic carbocycles. The molecule has 0 saturated carbocycles. The number of carbonyl (C=O) groups excluding carboxylic acids is 1. The van der Waals surface area contributed by atoms with E-state index < -0.39 is 4.75 Å². The van der Waals surface area contributed by atoms with Gasteiger partial charge in [0.2, 0.25) is 5.88 Å². The van der Waals surface area contributed by atoms with Gasteiger partial charge >= 0.3 is 5.97 Å². The quantitative estimate of drug-likeness (QED) is 0.129. The molecule has 32 heavy (non-hydrogen) atoms. The summed E-state index contributed by atoms with van der Waals surface area (Å²) >= 11 is 1.33. The molecule has 0 aromatic carbocycles. The molecule has 0 saturated heterocycles. The number of esters is 1. The molecule has 0 aliphatic rings. The predicted octanol–water partition coefficient (Wildman–Crippen LogP) is 6.10. The molecule has 0 N–H and O–H groups in total. The van der Waals surface area contributed by atoms with Crippen LogP contribution in [0.4, 0.5) is 0 Å². The summed E-state index contributed by atoms with van der Waals surface area (Å²) < 4.78 is 12.2. The monoisotopic (exact) mass is 464 g/mol. The second-order valence-corrected chi connectivity index (χ2v) is 10.3. The van der Waals surface area contributed by atoms with Gasteiger partial charge in [-0.05, 0) is 27.2 Å². The number of aryl methyl sites for hydroxylation is 1. The van der Waals surface area contributed by atoms with E-state index in [4.69, 9.17) is 9.47 Å². The second-order valence-electron chi connectivity index (χ2n) is 8.67. The zero-order valence-corrected chi connectivity index (χ0v) is 21.3. The molecule has 7 nitrogen and oxygen atoms in total. The first-order chi connectivity index (χ1) is 15.4. The van der Waals surface area contributed by atoms with Crippen LogP contribution in [-0.2, 0) is 16.6 Å². The Hall–Kier alpha value is -1.83. The lowest BCUT2D eigenvalue weighted by Crippen LogP contribution is -2.30. The van der Waals surface area contributed by atoms with Crippen molar-refractivity contribution >= 4 is 28.8 Å². The number of fused-ring (bicyclic) bond motifs is 1. The average Bonchev–Trinajstić information content (AvgIpc) is 3.08. The maximum Gasteiger partial charge on any atom is 0.322 e. The number of carbonyl (C=O) groups is 1. The molecule has 2 rings (SSSR count). The Balaban J connectivity index is 1.84. The molecule has 180 valence electrons. The number of nitrogens with zero attached hydrogens (tertiary/aromatic N) is 4. The molecule has 2 aromatic heterocycles. The number of hydrogen-bond donors (Lipinski definition) is 0. The van der Waals surface area contributed by atoms with Crippen LogP contribution in [0.5, 0.6) is 5.88 Å². The fourth-order valence-corrected chi connectivity index (χ4v) is 4.50. The van der Waals surface area contributed by atoms with Gasteiger partial charge in [-0.2, -0.15) is 5.10 Å². The van der Waals surface area contributed by atoms with Crippen molar-refractivity contribution in [2.45, 2.75) is 102 Å². The third kappa shape index (κ3) is 7.94. The van der Waals surface area contributed by atoms with Gasteiger partial charge in [0.25, 0.3) is 0 Å². The molecule has 0 radical (unpaired) electrons. The highest BCUT2D eigenvalue weighted by atomic mass is 32.2. The van der Waals surface area contributed by atoms with E-state index >= 15 is 0 Å². The van der Waals surface area contributed by atoms with Crippen molar-refractivity contribution in [3.05, 3.63) is 6.33 Å². The van der Waals surface area contributed by atoms with Crippen molar-refractivity contribution < 1.29 is 14.3 Å². The lowest BCUT2D eigenvalue weighted by atomic mass is 10.1. The summed E-state index contributed by atoms with van der Waals surface area (Å²) in [6.07, 6.45) is 14.4. The molecule has 0 aliphatic heterocycles. The molecular weight excluding hydrogens is 424 g/mol. The standard InChI is InChI=1S/C24H40N4O3S/c1-6-8-9-10-11-12-13-14-15-16-17-31-22-20-19(27-28(22)5)21(26-18-25-20)32-24(3,4)23(29)30-7-2/h18H,6-17H2,1-5H3. The van der Waals surface area contributed by atoms with E-state index in [1.807, 2.05) is 20.9 Å². The van der Waals surface area contributed by atoms with E-state index in [0.29, 0.717) is 35.2 Å². The molecule has 8 heteroatoms. The minimum Gasteiger partial charge on any atom is -0.476 e. The van der Waals surface area contributed by atoms with Crippen LogP contribution in [0, 0.1) is 0 Å². The van der Waals surface area contributed by atoms with Crippen molar-refractivity contribution in [1.29, 1.82) is 0 Å². The second kappa shape index (κ2) is 13.7. The fraction of sp³-hybridized carbons (Fsp3) is 0.750. The third-order valence-electron chi connectivity index (χ3n) is 5.39. The van der Waals surface area contributed by atoms with Crippen LogP contribution in [0.3, 0.4) is 0 Å². The van der Waals surface area contributed by atoms with Crippen LogP contribution >= 0.6 is 11.8 Å². The average molecular weight is 465 g/mol. The number of hydrogen-bond acceptors (Lipinski definition) is 7. The molecule has 2 aromatic rings. The van der Waals surface area contributed by atoms with Gasteiger partial charge in [-0.25, -0.2) is 14.6 Å². The molecule has 0 unspecified atom stereocenters. The Labute approximate surface area is 197 Å². The molecule has 0 bridgehead atoms. The molecular formula is C24H40N4O3S. The first kappa shape index (κ1) is 26.4. The Morgan fingerprint density at radius 1 is 0.969 bits per heavy atom. The van der Waals surface area contributed by atoms with E-state index in [1.54, 1.807) is 11.6 Å². The first-order valence-corrected chi connectivity index (χ1v) is 12.9. The van der Waals surface area contributed by atoms with Crippen LogP contribution in [-0.4, -0.2) is 43.7 Å². The Morgan fingerprint density at radius 2 is 1.59 bits per heavy atom. The minimum atomic E-state index is -0.772. The number of ether oxygens (including phenoxy) is 2. The van der Waals surface area contributed by atoms with Crippen molar-refractivity contribution in [2.24, 2.45) is 7.05 Å². The van der Waals surface area contributed by atoms with Crippen molar-refractivity contribution in [1.82, 2.24) is 19.7 Å². The van der Waals surface area contributed by atoms with Crippen molar-refractivity contribution in [3.63, 3.8) is 0 Å². The highest BCUT2D eigenvalue weighted by Gasteiger charge is 2.32. The van der Waals surface area contributed by atoms with E-state index in [-0.39, 0.29) is 5.97 Å². The third-order valence-corrected chi connectivity index (χ3v) is 6.56. The number of rotatable bonds is 16. The number of unbranched alkanes of at least 4 members (excludes halogenated alkanes) is 9. The van der Waals surface area contributed by atoms with Crippen LogP contribution in [0.25, 0.3) is 11.0 Å². The lowest BCUT2D eigenvalue weighted by Gasteiger charge is -2.20. The van der Waals surface area contributed by atoms with Crippen LogP contribution < -0.4 is 4.74 Å². The largest absolute Gasteiger partial charge is 0.476 e. The maximum atomic E-state index is 12.3. The van der Waals surface area contributed by atoms with Gasteiger partial charge in [0, 0.05) is 7.05 Å². The molecule has 0 spiro atoms. The zero-order valence-electron chi connectivity index (χ0n) is 20.5. The van der Waals surface area contributed by atoms with Gasteiger partial charge in [-0.15, -0.1) is 0 Å². The molecule has 0 atom stereocenters. The number of aromatic nitrogens is 4. The van der Waals surface area contributed by atoms with Gasteiger partial charge in [0.05, 0.1) is 13.2 Å². The normalized spacial score (nSPS) is 11.8. The molecule has 2 heterocycles. The van der Waals surface area contributed by atoms with Gasteiger partial charge in [-0.3, -0.25) is 4.79 Å². The summed E-state index contributed by atoms with van der Waals surface area (Å²) in [5.41, 5.74) is 1.33. The highest BCUT2D eigenvalue weighted by Crippen LogP contribution is 2.37. The van der Waals surface area contributed by atoms with Crippen molar-refractivity contribution in [3.8, 4) is 5.88 Å². The fourth-order valence-electron chi connectivity index (χ4n) is 3.54. The summed E-state index contributed by atoms with van der Waals surface area (Å²) in [6, 6.07) is 0. The zero-order chi connectivity index (χ0) is 23.4. The Kier molecular flexibility index (Phi) is 11.3. The minimum absolute atomic E-state index is 0.273. The molecule has 0 amide bonds. The highest BCUT2D eigenvalue weighted by molar-refractivity contribution is 8.01. The van der Waals surface area contributed by atoms with Gasteiger partial charge in [0.1, 0.15) is 21.6 Å². The SMILES string of the molecule is CCCCCCCCCCCCOc1c2ncnc(SC(C)(C)C(=O)OCC)c2nn1C. The van der Waals surface area contributed by atoms with Crippen LogP contribution in [0.1, 0.15) is 91.9 Å². The Bertz CT molecular complexity index is 838. The summed E-state index contributed by atoms with van der Waals surface area (Å²) in [6.45, 7) is 8.71. The first-order valence-electron chi connectivity index (χ1n) is 12.1. The van der Waals surface area contributed by atoms with Gasteiger partial charge in [0.15, 0.2) is 5.52 Å². The smallest absolute Gasteiger partial charge is 0.322 e. The van der Waals surface area contributed by atoms with E-state index in [1.165, 1.54) is 75.9 Å². The topological polar surface area (TPSA) is 79.1 Å². The summed E-state index contributed by atoms with van der Waals surface area (Å²) in [7, 11) is 1.85.